The third-order valence-corrected chi connectivity index (χ3v) is 9.01. The van der Waals surface area contributed by atoms with Gasteiger partial charge in [-0.3, -0.25) is 4.90 Å². The minimum absolute atomic E-state index is 0.0188. The van der Waals surface area contributed by atoms with Gasteiger partial charge in [0, 0.05) is 18.6 Å². The number of carboxylic acid groups (broad SMARTS) is 1. The number of hydrogen-bond acceptors (Lipinski definition) is 7. The molecule has 1 amide bonds. The predicted molar refractivity (Wildman–Crippen MR) is 166 cm³/mol. The second-order valence-electron chi connectivity index (χ2n) is 12.1. The minimum Gasteiger partial charge on any atom is -0.463 e. The average Bonchev–Trinajstić information content (AvgIpc) is 3.34. The summed E-state index contributed by atoms with van der Waals surface area (Å²) in [5.74, 6) is 2.54. The zero-order chi connectivity index (χ0) is 29.4. The molecule has 2 atom stereocenters. The number of nitrogens with two attached hydrogens (primary N) is 2. The molecular formula is C31H48N8O2. The van der Waals surface area contributed by atoms with Crippen LogP contribution < -0.4 is 22.1 Å². The van der Waals surface area contributed by atoms with Gasteiger partial charge in [0.1, 0.15) is 5.69 Å². The molecule has 1 aromatic heterocycles. The average molecular weight is 565 g/mol. The second kappa shape index (κ2) is 14.5. The molecular weight excluding hydrogens is 516 g/mol. The van der Waals surface area contributed by atoms with E-state index in [-0.39, 0.29) is 23.5 Å². The first-order chi connectivity index (χ1) is 19.7. The number of rotatable bonds is 8. The van der Waals surface area contributed by atoms with Gasteiger partial charge in [0.15, 0.2) is 23.3 Å². The molecule has 41 heavy (non-hydrogen) atoms. The fourth-order valence-electron chi connectivity index (χ4n) is 6.08. The Morgan fingerprint density at radius 3 is 2.39 bits per heavy atom. The van der Waals surface area contributed by atoms with E-state index >= 15 is 0 Å². The topological polar surface area (TPSA) is 155 Å². The van der Waals surface area contributed by atoms with Crippen molar-refractivity contribution in [3.8, 4) is 0 Å². The van der Waals surface area contributed by atoms with E-state index in [2.05, 4.69) is 81.7 Å². The molecule has 2 aromatic rings. The van der Waals surface area contributed by atoms with E-state index < -0.39 is 6.09 Å². The first-order valence-electron chi connectivity index (χ1n) is 15.2. The number of amidine groups is 1. The lowest BCUT2D eigenvalue weighted by molar-refractivity contribution is 0.205. The van der Waals surface area contributed by atoms with Gasteiger partial charge in [-0.1, -0.05) is 56.5 Å². The van der Waals surface area contributed by atoms with Gasteiger partial charge in [-0.15, -0.1) is 0 Å². The van der Waals surface area contributed by atoms with Crippen molar-refractivity contribution in [1.29, 1.82) is 0 Å². The van der Waals surface area contributed by atoms with Crippen LogP contribution in [-0.4, -0.2) is 58.1 Å². The zero-order valence-electron chi connectivity index (χ0n) is 24.9. The Morgan fingerprint density at radius 2 is 1.80 bits per heavy atom. The number of carbonyl (C=O) groups is 1. The van der Waals surface area contributed by atoms with Crippen LogP contribution in [0.25, 0.3) is 0 Å². The SMILES string of the molecule is CC1CCC(CNc2c(N)nc(/C(N)=N/C(=O)O)nc2N[C@H](C)C2CCC2)CC1.CN1CCCC1c1ccccc1. The van der Waals surface area contributed by atoms with Gasteiger partial charge in [0.25, 0.3) is 0 Å². The number of nitrogen functional groups attached to an aromatic ring is 1. The van der Waals surface area contributed by atoms with Crippen molar-refractivity contribution in [2.75, 3.05) is 36.5 Å². The van der Waals surface area contributed by atoms with Crippen molar-refractivity contribution in [2.45, 2.75) is 83.7 Å². The first kappa shape index (κ1) is 30.6. The molecule has 1 aromatic carbocycles. The fourth-order valence-corrected chi connectivity index (χ4v) is 6.08. The number of anilines is 3. The summed E-state index contributed by atoms with van der Waals surface area (Å²) in [4.78, 5) is 25.3. The molecule has 0 radical (unpaired) electrons. The summed E-state index contributed by atoms with van der Waals surface area (Å²) in [6.45, 7) is 6.49. The van der Waals surface area contributed by atoms with Crippen LogP contribution >= 0.6 is 0 Å². The van der Waals surface area contributed by atoms with Crippen molar-refractivity contribution in [1.82, 2.24) is 14.9 Å². The Hall–Kier alpha value is -3.40. The number of benzene rings is 1. The smallest absolute Gasteiger partial charge is 0.433 e. The molecule has 10 nitrogen and oxygen atoms in total. The standard InChI is InChI=1S/C20H33N7O2.C11H15N/c1-11-6-8-13(9-7-11)10-23-15-16(21)25-19(17(22)26-20(28)29)27-18(15)24-12(2)14-4-3-5-14;1-12-9-5-8-11(12)10-6-3-2-4-7-10/h11-14,23H,3-10H2,1-2H3,(H2,22,26)(H,28,29)(H3,21,24,25,27);2-4,6-7,11H,5,8-9H2,1H3/t11?,12-,13?;/m1./s1. The highest BCUT2D eigenvalue weighted by molar-refractivity contribution is 6.00. The molecule has 2 heterocycles. The highest BCUT2D eigenvalue weighted by Gasteiger charge is 2.26. The van der Waals surface area contributed by atoms with Crippen LogP contribution in [0, 0.1) is 17.8 Å². The maximum atomic E-state index is 10.9. The number of likely N-dealkylation sites (tertiary alicyclic amines) is 1. The summed E-state index contributed by atoms with van der Waals surface area (Å²) < 4.78 is 0. The van der Waals surface area contributed by atoms with Crippen molar-refractivity contribution >= 4 is 29.3 Å². The van der Waals surface area contributed by atoms with Gasteiger partial charge in [-0.25, -0.2) is 14.8 Å². The highest BCUT2D eigenvalue weighted by Crippen LogP contribution is 2.34. The van der Waals surface area contributed by atoms with E-state index in [4.69, 9.17) is 16.6 Å². The number of hydrogen-bond donors (Lipinski definition) is 5. The van der Waals surface area contributed by atoms with Gasteiger partial charge in [0.2, 0.25) is 0 Å². The normalized spacial score (nSPS) is 24.1. The van der Waals surface area contributed by atoms with E-state index in [1.165, 1.54) is 69.9 Å². The van der Waals surface area contributed by atoms with Crippen LogP contribution in [0.2, 0.25) is 0 Å². The number of aliphatic imine (C=N–C) groups is 1. The summed E-state index contributed by atoms with van der Waals surface area (Å²) in [7, 11) is 2.21. The van der Waals surface area contributed by atoms with Crippen molar-refractivity contribution < 1.29 is 9.90 Å². The van der Waals surface area contributed by atoms with Crippen LogP contribution in [0.15, 0.2) is 35.3 Å². The lowest BCUT2D eigenvalue weighted by Crippen LogP contribution is -2.32. The lowest BCUT2D eigenvalue weighted by Gasteiger charge is -2.33. The van der Waals surface area contributed by atoms with Crippen molar-refractivity contribution in [3.05, 3.63) is 41.7 Å². The lowest BCUT2D eigenvalue weighted by atomic mass is 9.80. The van der Waals surface area contributed by atoms with Gasteiger partial charge in [0.05, 0.1) is 0 Å². The molecule has 1 saturated heterocycles. The zero-order valence-corrected chi connectivity index (χ0v) is 24.9. The molecule has 2 aliphatic carbocycles. The summed E-state index contributed by atoms with van der Waals surface area (Å²) >= 11 is 0. The predicted octanol–water partition coefficient (Wildman–Crippen LogP) is 5.73. The highest BCUT2D eigenvalue weighted by atomic mass is 16.4. The molecule has 7 N–H and O–H groups in total. The van der Waals surface area contributed by atoms with Crippen LogP contribution in [-0.2, 0) is 0 Å². The quantitative estimate of drug-likeness (QED) is 0.199. The van der Waals surface area contributed by atoms with E-state index in [1.54, 1.807) is 0 Å². The Balaban J connectivity index is 0.000000267. The van der Waals surface area contributed by atoms with Gasteiger partial charge >= 0.3 is 6.09 Å². The number of aromatic nitrogens is 2. The molecule has 1 unspecified atom stereocenters. The Bertz CT molecular complexity index is 1160. The van der Waals surface area contributed by atoms with Crippen molar-refractivity contribution in [3.63, 3.8) is 0 Å². The molecule has 2 saturated carbocycles. The minimum atomic E-state index is -1.39. The van der Waals surface area contributed by atoms with Gasteiger partial charge < -0.3 is 27.2 Å². The van der Waals surface area contributed by atoms with Gasteiger partial charge in [-0.2, -0.15) is 4.99 Å². The molecule has 224 valence electrons. The molecule has 1 aliphatic heterocycles. The van der Waals surface area contributed by atoms with Gasteiger partial charge in [-0.05, 0) is 82.4 Å². The monoisotopic (exact) mass is 564 g/mol. The molecule has 3 aliphatic rings. The number of nitrogens with zero attached hydrogens (tertiary/aromatic N) is 4. The first-order valence-corrected chi connectivity index (χ1v) is 15.2. The van der Waals surface area contributed by atoms with E-state index in [9.17, 15) is 4.79 Å². The molecule has 0 bridgehead atoms. The fraction of sp³-hybridized carbons (Fsp3) is 0.613. The van der Waals surface area contributed by atoms with Crippen LogP contribution in [0.4, 0.5) is 22.1 Å². The molecule has 3 fully saturated rings. The number of amides is 1. The Labute approximate surface area is 244 Å². The Kier molecular flexibility index (Phi) is 10.8. The summed E-state index contributed by atoms with van der Waals surface area (Å²) in [5.41, 5.74) is 14.1. The molecule has 0 spiro atoms. The largest absolute Gasteiger partial charge is 0.463 e. The third kappa shape index (κ3) is 8.55. The summed E-state index contributed by atoms with van der Waals surface area (Å²) in [5, 5.41) is 15.7. The van der Waals surface area contributed by atoms with Crippen LogP contribution in [0.3, 0.4) is 0 Å². The summed E-state index contributed by atoms with van der Waals surface area (Å²) in [6.07, 6.45) is 9.80. The van der Waals surface area contributed by atoms with Crippen molar-refractivity contribution in [2.24, 2.45) is 28.5 Å². The maximum absolute atomic E-state index is 10.9. The molecule has 10 heteroatoms. The van der Waals surface area contributed by atoms with E-state index in [0.29, 0.717) is 29.4 Å². The molecule has 5 rings (SSSR count). The van der Waals surface area contributed by atoms with E-state index in [1.807, 2.05) is 0 Å². The maximum Gasteiger partial charge on any atom is 0.433 e. The summed E-state index contributed by atoms with van der Waals surface area (Å²) in [6, 6.07) is 11.7. The third-order valence-electron chi connectivity index (χ3n) is 9.01. The second-order valence-corrected chi connectivity index (χ2v) is 12.1. The van der Waals surface area contributed by atoms with E-state index in [0.717, 1.165) is 12.5 Å². The number of nitrogens with one attached hydrogen (secondary N) is 2. The Morgan fingerprint density at radius 1 is 1.10 bits per heavy atom. The van der Waals surface area contributed by atoms with Crippen LogP contribution in [0.5, 0.6) is 0 Å². The van der Waals surface area contributed by atoms with Crippen LogP contribution in [0.1, 0.15) is 89.1 Å².